The number of anilines is 3. The number of benzene rings is 2. The standard InChI is InChI=1S/C15H11ClFN3/c16-10-6-7-13(15-9(10)3-2-8-19-15)20-12-5-1-4-11(17)14(12)18/h1-8,20H,18H2. The average molecular weight is 288 g/mol. The van der Waals surface area contributed by atoms with Crippen LogP contribution in [0, 0.1) is 5.82 Å². The fourth-order valence-corrected chi connectivity index (χ4v) is 2.25. The van der Waals surface area contributed by atoms with Crippen molar-refractivity contribution in [1.29, 1.82) is 0 Å². The van der Waals surface area contributed by atoms with Gasteiger partial charge in [-0.2, -0.15) is 0 Å². The SMILES string of the molecule is Nc1c(F)cccc1Nc1ccc(Cl)c2cccnc12. The Labute approximate surface area is 120 Å². The van der Waals surface area contributed by atoms with Crippen LogP contribution in [-0.2, 0) is 0 Å². The molecule has 3 aromatic rings. The molecule has 3 rings (SSSR count). The highest BCUT2D eigenvalue weighted by Gasteiger charge is 2.09. The Morgan fingerprint density at radius 3 is 2.75 bits per heavy atom. The largest absolute Gasteiger partial charge is 0.395 e. The van der Waals surface area contributed by atoms with Gasteiger partial charge in [0.15, 0.2) is 0 Å². The number of nitrogens with one attached hydrogen (secondary N) is 1. The van der Waals surface area contributed by atoms with Crippen molar-refractivity contribution in [2.75, 3.05) is 11.1 Å². The molecule has 0 fully saturated rings. The molecule has 0 unspecified atom stereocenters. The van der Waals surface area contributed by atoms with Crippen LogP contribution in [0.5, 0.6) is 0 Å². The Morgan fingerprint density at radius 2 is 1.90 bits per heavy atom. The molecule has 0 aliphatic carbocycles. The van der Waals surface area contributed by atoms with Crippen molar-refractivity contribution in [2.45, 2.75) is 0 Å². The maximum absolute atomic E-state index is 13.5. The van der Waals surface area contributed by atoms with Gasteiger partial charge in [-0.3, -0.25) is 4.98 Å². The van der Waals surface area contributed by atoms with Gasteiger partial charge in [-0.1, -0.05) is 17.7 Å². The molecule has 3 N–H and O–H groups in total. The predicted octanol–water partition coefficient (Wildman–Crippen LogP) is 4.35. The van der Waals surface area contributed by atoms with E-state index in [9.17, 15) is 4.39 Å². The van der Waals surface area contributed by atoms with Gasteiger partial charge in [0.2, 0.25) is 0 Å². The Hall–Kier alpha value is -2.33. The average Bonchev–Trinajstić information content (AvgIpc) is 2.47. The van der Waals surface area contributed by atoms with Crippen molar-refractivity contribution in [3.05, 3.63) is 59.5 Å². The quantitative estimate of drug-likeness (QED) is 0.689. The number of halogens is 2. The molecule has 0 saturated carbocycles. The summed E-state index contributed by atoms with van der Waals surface area (Å²) in [5, 5.41) is 4.54. The van der Waals surface area contributed by atoms with Crippen LogP contribution in [0.3, 0.4) is 0 Å². The first-order valence-corrected chi connectivity index (χ1v) is 6.39. The Bertz CT molecular complexity index is 789. The summed E-state index contributed by atoms with van der Waals surface area (Å²) in [7, 11) is 0. The molecular weight excluding hydrogens is 277 g/mol. The van der Waals surface area contributed by atoms with Gasteiger partial charge >= 0.3 is 0 Å². The predicted molar refractivity (Wildman–Crippen MR) is 80.8 cm³/mol. The maximum atomic E-state index is 13.5. The van der Waals surface area contributed by atoms with Crippen molar-refractivity contribution < 1.29 is 4.39 Å². The third-order valence-electron chi connectivity index (χ3n) is 3.04. The first-order valence-electron chi connectivity index (χ1n) is 6.01. The minimum Gasteiger partial charge on any atom is -0.395 e. The minimum atomic E-state index is -0.457. The highest BCUT2D eigenvalue weighted by atomic mass is 35.5. The summed E-state index contributed by atoms with van der Waals surface area (Å²) in [6.07, 6.45) is 1.68. The number of rotatable bonds is 2. The van der Waals surface area contributed by atoms with Gasteiger partial charge in [-0.05, 0) is 36.4 Å². The van der Waals surface area contributed by atoms with E-state index in [1.165, 1.54) is 6.07 Å². The molecule has 100 valence electrons. The first kappa shape index (κ1) is 12.7. The topological polar surface area (TPSA) is 50.9 Å². The number of fused-ring (bicyclic) bond motifs is 1. The molecular formula is C15H11ClFN3. The number of hydrogen-bond acceptors (Lipinski definition) is 3. The zero-order valence-corrected chi connectivity index (χ0v) is 11.2. The molecule has 0 radical (unpaired) electrons. The van der Waals surface area contributed by atoms with Gasteiger partial charge in [0.1, 0.15) is 5.82 Å². The van der Waals surface area contributed by atoms with E-state index in [1.807, 2.05) is 12.1 Å². The van der Waals surface area contributed by atoms with Crippen LogP contribution < -0.4 is 11.1 Å². The molecule has 0 amide bonds. The highest BCUT2D eigenvalue weighted by Crippen LogP contribution is 2.32. The van der Waals surface area contributed by atoms with E-state index in [-0.39, 0.29) is 5.69 Å². The van der Waals surface area contributed by atoms with E-state index in [4.69, 9.17) is 17.3 Å². The number of hydrogen-bond donors (Lipinski definition) is 2. The summed E-state index contributed by atoms with van der Waals surface area (Å²) < 4.78 is 13.5. The second-order valence-electron chi connectivity index (χ2n) is 4.32. The van der Waals surface area contributed by atoms with Gasteiger partial charge in [0, 0.05) is 11.6 Å². The van der Waals surface area contributed by atoms with Gasteiger partial charge in [0.05, 0.1) is 27.6 Å². The summed E-state index contributed by atoms with van der Waals surface area (Å²) in [6.45, 7) is 0. The molecule has 0 aliphatic rings. The van der Waals surface area contributed by atoms with Crippen LogP contribution in [0.4, 0.5) is 21.5 Å². The molecule has 1 heterocycles. The van der Waals surface area contributed by atoms with Crippen LogP contribution >= 0.6 is 11.6 Å². The van der Waals surface area contributed by atoms with Crippen molar-refractivity contribution >= 4 is 39.6 Å². The molecule has 0 bridgehead atoms. The van der Waals surface area contributed by atoms with Gasteiger partial charge in [-0.25, -0.2) is 4.39 Å². The van der Waals surface area contributed by atoms with Crippen LogP contribution in [-0.4, -0.2) is 4.98 Å². The van der Waals surface area contributed by atoms with Crippen molar-refractivity contribution in [3.8, 4) is 0 Å². The lowest BCUT2D eigenvalue weighted by Gasteiger charge is -2.12. The Balaban J connectivity index is 2.12. The maximum Gasteiger partial charge on any atom is 0.148 e. The van der Waals surface area contributed by atoms with Gasteiger partial charge in [-0.15, -0.1) is 0 Å². The Kier molecular flexibility index (Phi) is 3.16. The molecule has 0 aliphatic heterocycles. The second kappa shape index (κ2) is 4.98. The summed E-state index contributed by atoms with van der Waals surface area (Å²) in [5.74, 6) is -0.457. The zero-order valence-electron chi connectivity index (χ0n) is 10.4. The number of nitrogen functional groups attached to an aromatic ring is 1. The minimum absolute atomic E-state index is 0.0755. The fourth-order valence-electron chi connectivity index (χ4n) is 2.03. The molecule has 0 saturated heterocycles. The zero-order chi connectivity index (χ0) is 14.1. The first-order chi connectivity index (χ1) is 9.66. The molecule has 20 heavy (non-hydrogen) atoms. The van der Waals surface area contributed by atoms with Crippen LogP contribution in [0.1, 0.15) is 0 Å². The molecule has 0 atom stereocenters. The molecule has 3 nitrogen and oxygen atoms in total. The van der Waals surface area contributed by atoms with Crippen molar-refractivity contribution in [3.63, 3.8) is 0 Å². The molecule has 1 aromatic heterocycles. The van der Waals surface area contributed by atoms with Crippen molar-refractivity contribution in [1.82, 2.24) is 4.98 Å². The number of nitrogens with two attached hydrogens (primary N) is 1. The van der Waals surface area contributed by atoms with E-state index in [0.29, 0.717) is 16.2 Å². The third kappa shape index (κ3) is 2.14. The number of pyridine rings is 1. The molecule has 2 aromatic carbocycles. The number of para-hydroxylation sites is 1. The summed E-state index contributed by atoms with van der Waals surface area (Å²) in [4.78, 5) is 4.31. The fraction of sp³-hybridized carbons (Fsp3) is 0. The van der Waals surface area contributed by atoms with Crippen LogP contribution in [0.15, 0.2) is 48.7 Å². The van der Waals surface area contributed by atoms with E-state index in [0.717, 1.165) is 11.1 Å². The lowest BCUT2D eigenvalue weighted by atomic mass is 10.1. The van der Waals surface area contributed by atoms with E-state index >= 15 is 0 Å². The third-order valence-corrected chi connectivity index (χ3v) is 3.37. The molecule has 0 spiro atoms. The van der Waals surface area contributed by atoms with Gasteiger partial charge < -0.3 is 11.1 Å². The number of aromatic nitrogens is 1. The lowest BCUT2D eigenvalue weighted by Crippen LogP contribution is -1.99. The smallest absolute Gasteiger partial charge is 0.148 e. The van der Waals surface area contributed by atoms with E-state index < -0.39 is 5.82 Å². The van der Waals surface area contributed by atoms with Gasteiger partial charge in [0.25, 0.3) is 0 Å². The summed E-state index contributed by atoms with van der Waals surface area (Å²) in [6, 6.07) is 11.9. The molecule has 5 heteroatoms. The summed E-state index contributed by atoms with van der Waals surface area (Å²) >= 11 is 6.14. The Morgan fingerprint density at radius 1 is 1.05 bits per heavy atom. The normalized spacial score (nSPS) is 10.7. The summed E-state index contributed by atoms with van der Waals surface area (Å²) in [5.41, 5.74) is 7.73. The van der Waals surface area contributed by atoms with E-state index in [1.54, 1.807) is 30.5 Å². The van der Waals surface area contributed by atoms with E-state index in [2.05, 4.69) is 10.3 Å². The highest BCUT2D eigenvalue weighted by molar-refractivity contribution is 6.35. The van der Waals surface area contributed by atoms with Crippen molar-refractivity contribution in [2.24, 2.45) is 0 Å². The monoisotopic (exact) mass is 287 g/mol. The van der Waals surface area contributed by atoms with Crippen LogP contribution in [0.25, 0.3) is 10.9 Å². The lowest BCUT2D eigenvalue weighted by molar-refractivity contribution is 0.633. The van der Waals surface area contributed by atoms with Crippen LogP contribution in [0.2, 0.25) is 5.02 Å². The number of nitrogens with zero attached hydrogens (tertiary/aromatic N) is 1. The second-order valence-corrected chi connectivity index (χ2v) is 4.73.